The Hall–Kier alpha value is -2.15. The molecular formula is C19H15O2P. The van der Waals surface area contributed by atoms with Crippen LogP contribution in [0.4, 0.5) is 0 Å². The summed E-state index contributed by atoms with van der Waals surface area (Å²) in [4.78, 5) is 0. The molecular weight excluding hydrogens is 291 g/mol. The van der Waals surface area contributed by atoms with Crippen molar-refractivity contribution >= 4 is 23.1 Å². The lowest BCUT2D eigenvalue weighted by molar-refractivity contribution is 0.221. The number of hydrogen-bond donors (Lipinski definition) is 1. The highest BCUT2D eigenvalue weighted by Gasteiger charge is 2.40. The van der Waals surface area contributed by atoms with Crippen LogP contribution in [0, 0.1) is 0 Å². The van der Waals surface area contributed by atoms with Crippen molar-refractivity contribution < 1.29 is 9.67 Å². The quantitative estimate of drug-likeness (QED) is 0.702. The van der Waals surface area contributed by atoms with Crippen LogP contribution in [0.2, 0.25) is 0 Å². The molecule has 1 aliphatic rings. The van der Waals surface area contributed by atoms with E-state index in [4.69, 9.17) is 0 Å². The second-order valence-corrected chi connectivity index (χ2v) is 8.16. The molecule has 0 aromatic heterocycles. The van der Waals surface area contributed by atoms with E-state index in [1.807, 2.05) is 78.9 Å². The van der Waals surface area contributed by atoms with Gasteiger partial charge in [0.1, 0.15) is 6.10 Å². The van der Waals surface area contributed by atoms with Crippen molar-refractivity contribution in [3.05, 3.63) is 90.0 Å². The van der Waals surface area contributed by atoms with Gasteiger partial charge in [-0.3, -0.25) is 0 Å². The smallest absolute Gasteiger partial charge is 0.171 e. The van der Waals surface area contributed by atoms with Crippen molar-refractivity contribution in [3.63, 3.8) is 0 Å². The minimum Gasteiger partial charge on any atom is -0.384 e. The first-order valence-corrected chi connectivity index (χ1v) is 8.96. The first-order chi connectivity index (χ1) is 10.7. The van der Waals surface area contributed by atoms with Crippen molar-refractivity contribution in [1.82, 2.24) is 0 Å². The Morgan fingerprint density at radius 2 is 1.14 bits per heavy atom. The molecule has 2 nitrogen and oxygen atoms in total. The van der Waals surface area contributed by atoms with Gasteiger partial charge in [0.25, 0.3) is 0 Å². The number of benzene rings is 3. The highest BCUT2D eigenvalue weighted by molar-refractivity contribution is 7.85. The van der Waals surface area contributed by atoms with Crippen molar-refractivity contribution in [2.45, 2.75) is 6.10 Å². The molecule has 3 heteroatoms. The number of aliphatic hydroxyl groups is 1. The third kappa shape index (κ3) is 1.75. The molecule has 22 heavy (non-hydrogen) atoms. The van der Waals surface area contributed by atoms with Crippen LogP contribution in [0.25, 0.3) is 0 Å². The minimum absolute atomic E-state index is 0.724. The molecule has 1 aliphatic heterocycles. The molecule has 1 heterocycles. The lowest BCUT2D eigenvalue weighted by atomic mass is 10.0. The van der Waals surface area contributed by atoms with E-state index >= 15 is 0 Å². The van der Waals surface area contributed by atoms with Crippen molar-refractivity contribution in [2.24, 2.45) is 0 Å². The Labute approximate surface area is 129 Å². The summed E-state index contributed by atoms with van der Waals surface area (Å²) < 4.78 is 14.1. The van der Waals surface area contributed by atoms with Gasteiger partial charge in [-0.05, 0) is 11.1 Å². The Bertz CT molecular complexity index is 835. The molecule has 0 aliphatic carbocycles. The Balaban J connectivity index is 2.12. The van der Waals surface area contributed by atoms with Crippen LogP contribution in [0.3, 0.4) is 0 Å². The molecule has 3 aromatic carbocycles. The van der Waals surface area contributed by atoms with Crippen LogP contribution in [-0.4, -0.2) is 5.11 Å². The minimum atomic E-state index is -2.94. The van der Waals surface area contributed by atoms with Gasteiger partial charge in [0.05, 0.1) is 0 Å². The fraction of sp³-hybridized carbons (Fsp3) is 0.0526. The lowest BCUT2D eigenvalue weighted by Crippen LogP contribution is -2.35. The monoisotopic (exact) mass is 306 g/mol. The molecule has 0 bridgehead atoms. The maximum absolute atomic E-state index is 14.1. The van der Waals surface area contributed by atoms with E-state index in [1.165, 1.54) is 0 Å². The Kier molecular flexibility index (Phi) is 3.04. The summed E-state index contributed by atoms with van der Waals surface area (Å²) in [5.74, 6) is 0. The van der Waals surface area contributed by atoms with E-state index in [-0.39, 0.29) is 0 Å². The van der Waals surface area contributed by atoms with Crippen molar-refractivity contribution in [2.75, 3.05) is 0 Å². The summed E-state index contributed by atoms with van der Waals surface area (Å²) in [6.45, 7) is 0. The number of rotatable bonds is 1. The van der Waals surface area contributed by atoms with Gasteiger partial charge in [0.2, 0.25) is 0 Å². The average molecular weight is 306 g/mol. The summed E-state index contributed by atoms with van der Waals surface area (Å²) in [5.41, 5.74) is 1.49. The second-order valence-electron chi connectivity index (χ2n) is 5.46. The molecule has 0 unspecified atom stereocenters. The third-order valence-electron chi connectivity index (χ3n) is 4.26. The molecule has 0 saturated heterocycles. The number of hydrogen-bond acceptors (Lipinski definition) is 2. The molecule has 0 fully saturated rings. The van der Waals surface area contributed by atoms with Gasteiger partial charge in [0.15, 0.2) is 7.14 Å². The summed E-state index contributed by atoms with van der Waals surface area (Å²) in [7, 11) is -2.94. The fourth-order valence-corrected chi connectivity index (χ4v) is 6.35. The van der Waals surface area contributed by atoms with Gasteiger partial charge in [-0.1, -0.05) is 78.9 Å². The first kappa shape index (κ1) is 13.5. The number of fused-ring (bicyclic) bond motifs is 2. The van der Waals surface area contributed by atoms with Gasteiger partial charge in [0, 0.05) is 15.9 Å². The standard InChI is InChI=1S/C19H15O2P/c20-19-15-10-4-6-12-17(15)22(21,14-8-2-1-3-9-14)18-13-7-5-11-16(18)19/h1-13,19-20H. The Morgan fingerprint density at radius 1 is 0.682 bits per heavy atom. The topological polar surface area (TPSA) is 37.3 Å². The predicted octanol–water partition coefficient (Wildman–Crippen LogP) is 2.72. The molecule has 108 valence electrons. The molecule has 0 atom stereocenters. The lowest BCUT2D eigenvalue weighted by Gasteiger charge is -2.32. The van der Waals surface area contributed by atoms with E-state index in [1.54, 1.807) is 0 Å². The zero-order valence-corrected chi connectivity index (χ0v) is 12.8. The van der Waals surface area contributed by atoms with Crippen molar-refractivity contribution in [1.29, 1.82) is 0 Å². The van der Waals surface area contributed by atoms with Crippen molar-refractivity contribution in [3.8, 4) is 0 Å². The van der Waals surface area contributed by atoms with E-state index in [9.17, 15) is 9.67 Å². The molecule has 1 N–H and O–H groups in total. The summed E-state index contributed by atoms with van der Waals surface area (Å²) in [6, 6.07) is 24.6. The highest BCUT2D eigenvalue weighted by Crippen LogP contribution is 2.49. The number of aliphatic hydroxyl groups excluding tert-OH is 1. The highest BCUT2D eigenvalue weighted by atomic mass is 31.2. The third-order valence-corrected chi connectivity index (χ3v) is 7.46. The summed E-state index contributed by atoms with van der Waals surface area (Å²) >= 11 is 0. The van der Waals surface area contributed by atoms with Gasteiger partial charge in [-0.25, -0.2) is 0 Å². The summed E-state index contributed by atoms with van der Waals surface area (Å²) in [6.07, 6.45) is -0.724. The van der Waals surface area contributed by atoms with Gasteiger partial charge in [-0.2, -0.15) is 0 Å². The maximum Gasteiger partial charge on any atom is 0.171 e. The molecule has 4 rings (SSSR count). The second kappa shape index (κ2) is 4.95. The van der Waals surface area contributed by atoms with Gasteiger partial charge >= 0.3 is 0 Å². The van der Waals surface area contributed by atoms with E-state index in [0.717, 1.165) is 27.0 Å². The molecule has 3 aromatic rings. The zero-order valence-electron chi connectivity index (χ0n) is 11.9. The molecule has 0 spiro atoms. The fourth-order valence-electron chi connectivity index (χ4n) is 3.22. The van der Waals surface area contributed by atoms with Crippen LogP contribution in [-0.2, 0) is 4.57 Å². The molecule has 0 amide bonds. The largest absolute Gasteiger partial charge is 0.384 e. The first-order valence-electron chi connectivity index (χ1n) is 7.25. The SMILES string of the molecule is O=P1(c2ccccc2)c2ccccc2C(O)c2ccccc21. The normalized spacial score (nSPS) is 22.7. The van der Waals surface area contributed by atoms with Crippen LogP contribution < -0.4 is 15.9 Å². The maximum atomic E-state index is 14.1. The van der Waals surface area contributed by atoms with E-state index in [0.29, 0.717) is 0 Å². The van der Waals surface area contributed by atoms with Gasteiger partial charge in [-0.15, -0.1) is 0 Å². The van der Waals surface area contributed by atoms with Crippen LogP contribution in [0.15, 0.2) is 78.9 Å². The molecule has 0 saturated carbocycles. The van der Waals surface area contributed by atoms with Crippen LogP contribution in [0.5, 0.6) is 0 Å². The molecule has 0 radical (unpaired) electrons. The van der Waals surface area contributed by atoms with E-state index in [2.05, 4.69) is 0 Å². The zero-order chi connectivity index (χ0) is 15.2. The Morgan fingerprint density at radius 3 is 1.68 bits per heavy atom. The predicted molar refractivity (Wildman–Crippen MR) is 89.9 cm³/mol. The van der Waals surface area contributed by atoms with Crippen LogP contribution >= 0.6 is 7.14 Å². The summed E-state index contributed by atoms with van der Waals surface area (Å²) in [5, 5.41) is 13.0. The van der Waals surface area contributed by atoms with Crippen LogP contribution in [0.1, 0.15) is 17.2 Å². The van der Waals surface area contributed by atoms with Gasteiger partial charge < -0.3 is 9.67 Å². The average Bonchev–Trinajstić information content (AvgIpc) is 2.60. The van der Waals surface area contributed by atoms with E-state index < -0.39 is 13.2 Å².